The second-order valence-corrected chi connectivity index (χ2v) is 9.61. The fourth-order valence-corrected chi connectivity index (χ4v) is 5.32. The van der Waals surface area contributed by atoms with Gasteiger partial charge in [-0.25, -0.2) is 9.37 Å². The number of Topliss-reactive ketones (excluding diaryl/α,β-unsaturated/α-hetero) is 2. The molecule has 9 heteroatoms. The maximum Gasteiger partial charge on any atom is 0.243 e. The van der Waals surface area contributed by atoms with Gasteiger partial charge in [0.15, 0.2) is 11.6 Å². The van der Waals surface area contributed by atoms with Crippen LogP contribution in [0.2, 0.25) is 5.02 Å². The van der Waals surface area contributed by atoms with Gasteiger partial charge in [-0.3, -0.25) is 14.4 Å². The van der Waals surface area contributed by atoms with E-state index in [2.05, 4.69) is 4.98 Å². The zero-order valence-corrected chi connectivity index (χ0v) is 19.8. The standard InChI is InChI=1S/C26H22ClFN4O3/c1-14(33)19-12-31(26-18(19)7-6-17(11-29)30-26)13-24(35)32-21-9-16(21)10-22(32)23(34)8-5-15-3-2-4-20(27)25(15)28/h2-4,6-7,12,16,21-22H,5,8-10,13H2,1H3/t16-,21-,22+/m1/s1. The minimum Gasteiger partial charge on any atom is -0.328 e. The maximum absolute atomic E-state index is 14.2. The van der Waals surface area contributed by atoms with Crippen LogP contribution in [0.1, 0.15) is 47.8 Å². The number of halogens is 2. The Labute approximate surface area is 206 Å². The van der Waals surface area contributed by atoms with E-state index in [4.69, 9.17) is 11.6 Å². The molecule has 2 fully saturated rings. The molecule has 5 rings (SSSR count). The van der Waals surface area contributed by atoms with Gasteiger partial charge >= 0.3 is 0 Å². The molecule has 0 N–H and O–H groups in total. The van der Waals surface area contributed by atoms with Crippen LogP contribution in [-0.2, 0) is 22.6 Å². The summed E-state index contributed by atoms with van der Waals surface area (Å²) in [6.07, 6.45) is 3.37. The van der Waals surface area contributed by atoms with Crippen LogP contribution in [0.25, 0.3) is 11.0 Å². The van der Waals surface area contributed by atoms with E-state index in [1.54, 1.807) is 33.9 Å². The number of nitrogens with zero attached hydrogens (tertiary/aromatic N) is 4. The summed E-state index contributed by atoms with van der Waals surface area (Å²) in [5.74, 6) is -0.727. The highest BCUT2D eigenvalue weighted by atomic mass is 35.5. The molecule has 1 aromatic carbocycles. The Morgan fingerprint density at radius 2 is 2.03 bits per heavy atom. The van der Waals surface area contributed by atoms with Crippen molar-refractivity contribution in [2.75, 3.05) is 0 Å². The topological polar surface area (TPSA) is 96.1 Å². The highest BCUT2D eigenvalue weighted by Crippen LogP contribution is 2.48. The van der Waals surface area contributed by atoms with Crippen LogP contribution < -0.4 is 0 Å². The number of aryl methyl sites for hydroxylation is 1. The van der Waals surface area contributed by atoms with Crippen molar-refractivity contribution in [3.05, 3.63) is 64.2 Å². The number of nitriles is 1. The number of likely N-dealkylation sites (tertiary alicyclic amines) is 1. The van der Waals surface area contributed by atoms with Crippen LogP contribution in [0.3, 0.4) is 0 Å². The Hall–Kier alpha value is -3.57. The van der Waals surface area contributed by atoms with E-state index < -0.39 is 11.9 Å². The van der Waals surface area contributed by atoms with Crippen LogP contribution in [0.5, 0.6) is 0 Å². The number of amides is 1. The number of piperidine rings is 1. The molecule has 1 saturated carbocycles. The summed E-state index contributed by atoms with van der Waals surface area (Å²) >= 11 is 5.85. The van der Waals surface area contributed by atoms with Gasteiger partial charge in [0.25, 0.3) is 0 Å². The van der Waals surface area contributed by atoms with Gasteiger partial charge in [0.1, 0.15) is 29.8 Å². The molecule has 3 atom stereocenters. The second-order valence-electron chi connectivity index (χ2n) is 9.20. The molecular weight excluding hydrogens is 471 g/mol. The summed E-state index contributed by atoms with van der Waals surface area (Å²) in [6.45, 7) is 1.34. The first-order chi connectivity index (χ1) is 16.8. The summed E-state index contributed by atoms with van der Waals surface area (Å²) in [6, 6.07) is 9.36. The van der Waals surface area contributed by atoms with Gasteiger partial charge in [-0.15, -0.1) is 0 Å². The first-order valence-corrected chi connectivity index (χ1v) is 11.8. The molecule has 35 heavy (non-hydrogen) atoms. The summed E-state index contributed by atoms with van der Waals surface area (Å²) < 4.78 is 15.8. The number of carbonyl (C=O) groups is 3. The summed E-state index contributed by atoms with van der Waals surface area (Å²) in [5, 5.41) is 9.82. The van der Waals surface area contributed by atoms with Crippen molar-refractivity contribution < 1.29 is 18.8 Å². The Balaban J connectivity index is 1.36. The van der Waals surface area contributed by atoms with E-state index in [1.807, 2.05) is 6.07 Å². The lowest BCUT2D eigenvalue weighted by atomic mass is 10.00. The SMILES string of the molecule is CC(=O)c1cn(CC(=O)N2[C@@H]3C[C@@H]3C[C@H]2C(=O)CCc2cccc(Cl)c2F)c2nc(C#N)ccc12. The van der Waals surface area contributed by atoms with E-state index in [0.717, 1.165) is 6.42 Å². The molecule has 178 valence electrons. The fraction of sp³-hybridized carbons (Fsp3) is 0.346. The number of benzene rings is 1. The van der Waals surface area contributed by atoms with Gasteiger partial charge in [-0.1, -0.05) is 23.7 Å². The number of ketones is 2. The molecule has 0 bridgehead atoms. The van der Waals surface area contributed by atoms with Crippen LogP contribution in [-0.4, -0.2) is 44.0 Å². The van der Waals surface area contributed by atoms with E-state index >= 15 is 0 Å². The second kappa shape index (κ2) is 8.90. The van der Waals surface area contributed by atoms with Crippen molar-refractivity contribution in [2.45, 2.75) is 51.2 Å². The van der Waals surface area contributed by atoms with E-state index in [-0.39, 0.29) is 53.6 Å². The van der Waals surface area contributed by atoms with E-state index in [9.17, 15) is 24.0 Å². The largest absolute Gasteiger partial charge is 0.328 e. The maximum atomic E-state index is 14.2. The fourth-order valence-electron chi connectivity index (χ4n) is 5.12. The highest BCUT2D eigenvalue weighted by molar-refractivity contribution is 6.30. The van der Waals surface area contributed by atoms with Gasteiger partial charge in [0, 0.05) is 29.6 Å². The Morgan fingerprint density at radius 3 is 2.77 bits per heavy atom. The summed E-state index contributed by atoms with van der Waals surface area (Å²) in [4.78, 5) is 44.6. The van der Waals surface area contributed by atoms with Crippen molar-refractivity contribution in [2.24, 2.45) is 5.92 Å². The smallest absolute Gasteiger partial charge is 0.243 e. The van der Waals surface area contributed by atoms with Gasteiger partial charge in [-0.2, -0.15) is 5.26 Å². The first kappa shape index (κ1) is 23.2. The van der Waals surface area contributed by atoms with Crippen LogP contribution >= 0.6 is 11.6 Å². The summed E-state index contributed by atoms with van der Waals surface area (Å²) in [7, 11) is 0. The van der Waals surface area contributed by atoms with Gasteiger partial charge < -0.3 is 9.47 Å². The molecule has 1 aliphatic carbocycles. The normalized spacial score (nSPS) is 20.5. The molecule has 0 unspecified atom stereocenters. The zero-order chi connectivity index (χ0) is 24.9. The molecule has 1 aliphatic heterocycles. The molecule has 3 heterocycles. The van der Waals surface area contributed by atoms with Crippen LogP contribution in [0, 0.1) is 23.1 Å². The number of carbonyl (C=O) groups excluding carboxylic acids is 3. The third-order valence-corrected chi connectivity index (χ3v) is 7.25. The molecule has 0 spiro atoms. The van der Waals surface area contributed by atoms with Gasteiger partial charge in [0.2, 0.25) is 5.91 Å². The molecule has 1 amide bonds. The molecule has 2 aromatic heterocycles. The minimum absolute atomic E-state index is 0.0194. The molecule has 1 saturated heterocycles. The number of fused-ring (bicyclic) bond motifs is 2. The van der Waals surface area contributed by atoms with E-state index in [0.29, 0.717) is 34.5 Å². The number of hydrogen-bond acceptors (Lipinski definition) is 5. The van der Waals surface area contributed by atoms with Crippen LogP contribution in [0.4, 0.5) is 4.39 Å². The van der Waals surface area contributed by atoms with Crippen molar-refractivity contribution in [1.29, 1.82) is 5.26 Å². The van der Waals surface area contributed by atoms with Crippen LogP contribution in [0.15, 0.2) is 36.5 Å². The number of hydrogen-bond donors (Lipinski definition) is 0. The molecule has 0 radical (unpaired) electrons. The van der Waals surface area contributed by atoms with Crippen molar-refractivity contribution >= 4 is 40.1 Å². The zero-order valence-electron chi connectivity index (χ0n) is 19.0. The predicted octanol–water partition coefficient (Wildman–Crippen LogP) is 4.09. The van der Waals surface area contributed by atoms with Gasteiger partial charge in [-0.05, 0) is 55.9 Å². The first-order valence-electron chi connectivity index (χ1n) is 11.5. The third kappa shape index (κ3) is 4.21. The average Bonchev–Trinajstić information content (AvgIpc) is 3.35. The minimum atomic E-state index is -0.551. The number of pyridine rings is 1. The Kier molecular flexibility index (Phi) is 5.89. The van der Waals surface area contributed by atoms with Crippen molar-refractivity contribution in [1.82, 2.24) is 14.5 Å². The number of aromatic nitrogens is 2. The molecule has 3 aromatic rings. The molecular formula is C26H22ClFN4O3. The van der Waals surface area contributed by atoms with E-state index in [1.165, 1.54) is 19.1 Å². The predicted molar refractivity (Wildman–Crippen MR) is 126 cm³/mol. The quantitative estimate of drug-likeness (QED) is 0.463. The Morgan fingerprint density at radius 1 is 1.23 bits per heavy atom. The molecule has 7 nitrogen and oxygen atoms in total. The molecule has 2 aliphatic rings. The lowest BCUT2D eigenvalue weighted by Gasteiger charge is -2.27. The van der Waals surface area contributed by atoms with Gasteiger partial charge in [0.05, 0.1) is 11.1 Å². The van der Waals surface area contributed by atoms with Crippen molar-refractivity contribution in [3.63, 3.8) is 0 Å². The monoisotopic (exact) mass is 492 g/mol. The summed E-state index contributed by atoms with van der Waals surface area (Å²) in [5.41, 5.74) is 1.37. The lowest BCUT2D eigenvalue weighted by molar-refractivity contribution is -0.139. The highest BCUT2D eigenvalue weighted by Gasteiger charge is 2.55. The Bertz CT molecular complexity index is 1430. The lowest BCUT2D eigenvalue weighted by Crippen LogP contribution is -2.44. The average molecular weight is 493 g/mol. The van der Waals surface area contributed by atoms with Crippen molar-refractivity contribution in [3.8, 4) is 6.07 Å². The third-order valence-electron chi connectivity index (χ3n) is 6.96. The number of rotatable bonds is 7.